The normalized spacial score (nSPS) is 14.3. The first-order valence-electron chi connectivity index (χ1n) is 7.61. The average Bonchev–Trinajstić information content (AvgIpc) is 3.20. The van der Waals surface area contributed by atoms with E-state index in [1.165, 1.54) is 42.1 Å². The first-order chi connectivity index (χ1) is 12.6. The summed E-state index contributed by atoms with van der Waals surface area (Å²) < 4.78 is 30.7. The number of carbonyl (C=O) groups excluding carboxylic acids is 2. The van der Waals surface area contributed by atoms with Crippen molar-refractivity contribution in [2.24, 2.45) is 0 Å². The predicted molar refractivity (Wildman–Crippen MR) is 87.9 cm³/mol. The van der Waals surface area contributed by atoms with E-state index in [0.29, 0.717) is 5.69 Å². The first-order valence-corrected chi connectivity index (χ1v) is 7.61. The molecule has 3 rings (SSSR count). The number of aromatic nitrogens is 2. The number of carbonyl (C=O) groups is 2. The number of halogens is 1. The number of methoxy groups -OCH3 is 2. The van der Waals surface area contributed by atoms with E-state index < -0.39 is 17.8 Å². The molecule has 136 valence electrons. The van der Waals surface area contributed by atoms with Gasteiger partial charge in [-0.1, -0.05) is 0 Å². The maximum absolute atomic E-state index is 14.5. The van der Waals surface area contributed by atoms with Gasteiger partial charge in [-0.3, -0.25) is 0 Å². The Morgan fingerprint density at radius 2 is 2.00 bits per heavy atom. The standard InChI is InChI=1S/C17H16FN3O5/c1-24-16(22)12-9-26-10-20(15(12)17(23)25-2)11-4-5-14(13(18)8-11)21-7-3-6-19-21/h3-8H,9-10H2,1-2H3. The van der Waals surface area contributed by atoms with Crippen LogP contribution in [-0.4, -0.2) is 49.3 Å². The number of ether oxygens (including phenoxy) is 3. The van der Waals surface area contributed by atoms with E-state index in [2.05, 4.69) is 5.10 Å². The van der Waals surface area contributed by atoms with Gasteiger partial charge in [-0.25, -0.2) is 18.7 Å². The molecule has 1 aliphatic rings. The second-order valence-corrected chi connectivity index (χ2v) is 5.30. The summed E-state index contributed by atoms with van der Waals surface area (Å²) in [4.78, 5) is 25.6. The Hall–Kier alpha value is -3.20. The van der Waals surface area contributed by atoms with Crippen molar-refractivity contribution in [3.05, 3.63) is 53.7 Å². The third-order valence-electron chi connectivity index (χ3n) is 3.83. The van der Waals surface area contributed by atoms with Gasteiger partial charge in [0.15, 0.2) is 5.82 Å². The third kappa shape index (κ3) is 3.16. The number of benzene rings is 1. The molecule has 0 unspecified atom stereocenters. The summed E-state index contributed by atoms with van der Waals surface area (Å²) in [6.07, 6.45) is 3.14. The van der Waals surface area contributed by atoms with Crippen molar-refractivity contribution in [3.63, 3.8) is 0 Å². The zero-order valence-electron chi connectivity index (χ0n) is 14.1. The molecule has 2 heterocycles. The Kier molecular flexibility index (Phi) is 4.99. The molecule has 0 bridgehead atoms. The predicted octanol–water partition coefficient (Wildman–Crippen LogP) is 1.41. The van der Waals surface area contributed by atoms with Crippen LogP contribution in [-0.2, 0) is 23.8 Å². The highest BCUT2D eigenvalue weighted by Crippen LogP contribution is 2.28. The van der Waals surface area contributed by atoms with Gasteiger partial charge in [0, 0.05) is 18.1 Å². The minimum absolute atomic E-state index is 0.00200. The molecule has 0 fully saturated rings. The number of rotatable bonds is 4. The van der Waals surface area contributed by atoms with Crippen molar-refractivity contribution < 1.29 is 28.2 Å². The molecule has 0 radical (unpaired) electrons. The second-order valence-electron chi connectivity index (χ2n) is 5.30. The molecule has 1 aliphatic heterocycles. The van der Waals surface area contributed by atoms with Gasteiger partial charge in [0.1, 0.15) is 18.1 Å². The molecule has 0 aliphatic carbocycles. The number of hydrogen-bond acceptors (Lipinski definition) is 7. The molecule has 0 saturated carbocycles. The average molecular weight is 361 g/mol. The molecular weight excluding hydrogens is 345 g/mol. The summed E-state index contributed by atoms with van der Waals surface area (Å²) in [6.45, 7) is -0.160. The van der Waals surface area contributed by atoms with E-state index in [-0.39, 0.29) is 30.3 Å². The summed E-state index contributed by atoms with van der Waals surface area (Å²) in [5.41, 5.74) is 0.521. The molecule has 8 nitrogen and oxygen atoms in total. The molecule has 1 aromatic heterocycles. The summed E-state index contributed by atoms with van der Waals surface area (Å²) in [5, 5.41) is 3.99. The van der Waals surface area contributed by atoms with Crippen LogP contribution in [0.1, 0.15) is 0 Å². The Morgan fingerprint density at radius 1 is 1.23 bits per heavy atom. The van der Waals surface area contributed by atoms with Gasteiger partial charge >= 0.3 is 11.9 Å². The van der Waals surface area contributed by atoms with Crippen LogP contribution in [0, 0.1) is 5.82 Å². The Balaban J connectivity index is 2.05. The maximum Gasteiger partial charge on any atom is 0.355 e. The molecule has 0 saturated heterocycles. The highest BCUT2D eigenvalue weighted by molar-refractivity contribution is 6.03. The van der Waals surface area contributed by atoms with E-state index in [1.54, 1.807) is 18.3 Å². The Labute approximate surface area is 148 Å². The maximum atomic E-state index is 14.5. The fourth-order valence-corrected chi connectivity index (χ4v) is 2.61. The summed E-state index contributed by atoms with van der Waals surface area (Å²) in [7, 11) is 2.39. The van der Waals surface area contributed by atoms with Gasteiger partial charge in [-0.05, 0) is 24.3 Å². The van der Waals surface area contributed by atoms with Gasteiger partial charge in [0.2, 0.25) is 0 Å². The molecule has 26 heavy (non-hydrogen) atoms. The van der Waals surface area contributed by atoms with Crippen LogP contribution >= 0.6 is 0 Å². The van der Waals surface area contributed by atoms with Crippen molar-refractivity contribution in [1.29, 1.82) is 0 Å². The van der Waals surface area contributed by atoms with E-state index in [1.807, 2.05) is 0 Å². The number of esters is 2. The van der Waals surface area contributed by atoms with Crippen LogP contribution in [0.15, 0.2) is 47.9 Å². The lowest BCUT2D eigenvalue weighted by Crippen LogP contribution is -2.38. The molecule has 2 aromatic rings. The summed E-state index contributed by atoms with van der Waals surface area (Å²) in [5.74, 6) is -2.02. The molecule has 0 amide bonds. The Morgan fingerprint density at radius 3 is 2.62 bits per heavy atom. The zero-order chi connectivity index (χ0) is 18.7. The van der Waals surface area contributed by atoms with Gasteiger partial charge in [0.05, 0.1) is 26.4 Å². The van der Waals surface area contributed by atoms with Crippen LogP contribution in [0.4, 0.5) is 10.1 Å². The molecule has 0 N–H and O–H groups in total. The fourth-order valence-electron chi connectivity index (χ4n) is 2.61. The molecule has 0 atom stereocenters. The van der Waals surface area contributed by atoms with Crippen molar-refractivity contribution >= 4 is 17.6 Å². The van der Waals surface area contributed by atoms with Crippen molar-refractivity contribution in [2.75, 3.05) is 32.5 Å². The smallest absolute Gasteiger partial charge is 0.355 e. The molecule has 9 heteroatoms. The van der Waals surface area contributed by atoms with Gasteiger partial charge in [0.25, 0.3) is 0 Å². The quantitative estimate of drug-likeness (QED) is 0.762. The van der Waals surface area contributed by atoms with Crippen LogP contribution in [0.25, 0.3) is 5.69 Å². The number of nitrogens with zero attached hydrogens (tertiary/aromatic N) is 3. The minimum atomic E-state index is -0.745. The highest BCUT2D eigenvalue weighted by Gasteiger charge is 2.32. The lowest BCUT2D eigenvalue weighted by Gasteiger charge is -2.31. The van der Waals surface area contributed by atoms with Crippen LogP contribution in [0.5, 0.6) is 0 Å². The lowest BCUT2D eigenvalue weighted by atomic mass is 10.1. The minimum Gasteiger partial charge on any atom is -0.466 e. The van der Waals surface area contributed by atoms with Crippen LogP contribution in [0.2, 0.25) is 0 Å². The second kappa shape index (κ2) is 7.36. The number of hydrogen-bond donors (Lipinski definition) is 0. The molecular formula is C17H16FN3O5. The highest BCUT2D eigenvalue weighted by atomic mass is 19.1. The summed E-state index contributed by atoms with van der Waals surface area (Å²) in [6, 6.07) is 6.00. The fraction of sp³-hybridized carbons (Fsp3) is 0.235. The molecule has 0 spiro atoms. The largest absolute Gasteiger partial charge is 0.466 e. The monoisotopic (exact) mass is 361 g/mol. The van der Waals surface area contributed by atoms with E-state index in [0.717, 1.165) is 0 Å². The van der Waals surface area contributed by atoms with Crippen LogP contribution < -0.4 is 4.90 Å². The van der Waals surface area contributed by atoms with Gasteiger partial charge in [-0.15, -0.1) is 0 Å². The third-order valence-corrected chi connectivity index (χ3v) is 3.83. The van der Waals surface area contributed by atoms with Crippen molar-refractivity contribution in [1.82, 2.24) is 9.78 Å². The first kappa shape index (κ1) is 17.6. The van der Waals surface area contributed by atoms with Gasteiger partial charge < -0.3 is 19.1 Å². The Bertz CT molecular complexity index is 863. The van der Waals surface area contributed by atoms with E-state index in [9.17, 15) is 14.0 Å². The topological polar surface area (TPSA) is 82.9 Å². The van der Waals surface area contributed by atoms with Crippen molar-refractivity contribution in [2.45, 2.75) is 0 Å². The molecule has 1 aromatic carbocycles. The van der Waals surface area contributed by atoms with Gasteiger partial charge in [-0.2, -0.15) is 5.10 Å². The summed E-state index contributed by atoms with van der Waals surface area (Å²) >= 11 is 0. The van der Waals surface area contributed by atoms with Crippen molar-refractivity contribution in [3.8, 4) is 5.69 Å². The van der Waals surface area contributed by atoms with E-state index >= 15 is 0 Å². The lowest BCUT2D eigenvalue weighted by molar-refractivity contribution is -0.140. The van der Waals surface area contributed by atoms with E-state index in [4.69, 9.17) is 14.2 Å². The number of anilines is 1. The van der Waals surface area contributed by atoms with Crippen LogP contribution in [0.3, 0.4) is 0 Å². The SMILES string of the molecule is COC(=O)C1=C(C(=O)OC)N(c2ccc(-n3cccn3)c(F)c2)COC1. The zero-order valence-corrected chi connectivity index (χ0v) is 14.1.